The Morgan fingerprint density at radius 2 is 1.72 bits per heavy atom. The zero-order valence-electron chi connectivity index (χ0n) is 14.0. The number of rotatable bonds is 8. The Labute approximate surface area is 153 Å². The standard InChI is InChI=1S/C18H21ClN2O3S/c1-25(23,24)21(14-16-9-5-6-10-17(16)19)12-11-18(22)20-13-15-7-3-2-4-8-15/h2-10H,11-14H2,1H3,(H,20,22). The molecule has 0 aliphatic rings. The summed E-state index contributed by atoms with van der Waals surface area (Å²) in [6.07, 6.45) is 1.22. The van der Waals surface area contributed by atoms with Crippen LogP contribution in [0.1, 0.15) is 17.5 Å². The van der Waals surface area contributed by atoms with Gasteiger partial charge in [0.2, 0.25) is 15.9 Å². The second-order valence-electron chi connectivity index (χ2n) is 5.70. The number of carbonyl (C=O) groups is 1. The molecule has 0 atom stereocenters. The van der Waals surface area contributed by atoms with Gasteiger partial charge in [-0.15, -0.1) is 0 Å². The fourth-order valence-corrected chi connectivity index (χ4v) is 3.28. The van der Waals surface area contributed by atoms with E-state index in [2.05, 4.69) is 5.32 Å². The van der Waals surface area contributed by atoms with Crippen LogP contribution in [0.2, 0.25) is 5.02 Å². The summed E-state index contributed by atoms with van der Waals surface area (Å²) in [5.74, 6) is -0.198. The molecule has 7 heteroatoms. The fraction of sp³-hybridized carbons (Fsp3) is 0.278. The molecule has 5 nitrogen and oxygen atoms in total. The Bertz CT molecular complexity index is 810. The van der Waals surface area contributed by atoms with Gasteiger partial charge in [-0.3, -0.25) is 4.79 Å². The minimum atomic E-state index is -3.45. The SMILES string of the molecule is CS(=O)(=O)N(CCC(=O)NCc1ccccc1)Cc1ccccc1Cl. The van der Waals surface area contributed by atoms with Gasteiger partial charge in [-0.25, -0.2) is 8.42 Å². The number of nitrogens with one attached hydrogen (secondary N) is 1. The monoisotopic (exact) mass is 380 g/mol. The zero-order valence-corrected chi connectivity index (χ0v) is 15.6. The van der Waals surface area contributed by atoms with Crippen molar-refractivity contribution in [2.75, 3.05) is 12.8 Å². The predicted molar refractivity (Wildman–Crippen MR) is 99.6 cm³/mol. The first-order valence-electron chi connectivity index (χ1n) is 7.85. The van der Waals surface area contributed by atoms with Gasteiger partial charge in [-0.05, 0) is 17.2 Å². The van der Waals surface area contributed by atoms with Crippen LogP contribution in [0.5, 0.6) is 0 Å². The van der Waals surface area contributed by atoms with Crippen LogP contribution >= 0.6 is 11.6 Å². The van der Waals surface area contributed by atoms with Gasteiger partial charge in [-0.1, -0.05) is 60.1 Å². The molecule has 0 unspecified atom stereocenters. The molecular formula is C18H21ClN2O3S. The number of benzene rings is 2. The molecule has 0 heterocycles. The quantitative estimate of drug-likeness (QED) is 0.765. The maximum Gasteiger partial charge on any atom is 0.221 e. The van der Waals surface area contributed by atoms with Crippen LogP contribution < -0.4 is 5.32 Å². The lowest BCUT2D eigenvalue weighted by atomic mass is 10.2. The van der Waals surface area contributed by atoms with E-state index in [1.54, 1.807) is 24.3 Å². The largest absolute Gasteiger partial charge is 0.352 e. The van der Waals surface area contributed by atoms with E-state index in [9.17, 15) is 13.2 Å². The lowest BCUT2D eigenvalue weighted by Crippen LogP contribution is -2.34. The van der Waals surface area contributed by atoms with Crippen LogP contribution in [0, 0.1) is 0 Å². The Kier molecular flexibility index (Phi) is 6.99. The van der Waals surface area contributed by atoms with Crippen LogP contribution in [-0.2, 0) is 27.9 Å². The Morgan fingerprint density at radius 3 is 2.36 bits per heavy atom. The van der Waals surface area contributed by atoms with Crippen molar-refractivity contribution < 1.29 is 13.2 Å². The predicted octanol–water partition coefficient (Wildman–Crippen LogP) is 2.81. The maximum absolute atomic E-state index is 12.0. The highest BCUT2D eigenvalue weighted by Crippen LogP contribution is 2.18. The lowest BCUT2D eigenvalue weighted by molar-refractivity contribution is -0.121. The van der Waals surface area contributed by atoms with Gasteiger partial charge >= 0.3 is 0 Å². The van der Waals surface area contributed by atoms with E-state index in [4.69, 9.17) is 11.6 Å². The highest BCUT2D eigenvalue weighted by Gasteiger charge is 2.19. The van der Waals surface area contributed by atoms with Crippen molar-refractivity contribution in [3.8, 4) is 0 Å². The molecule has 2 rings (SSSR count). The Hall–Kier alpha value is -1.89. The molecule has 2 aromatic rings. The van der Waals surface area contributed by atoms with Crippen LogP contribution in [0.25, 0.3) is 0 Å². The molecule has 0 aliphatic carbocycles. The summed E-state index contributed by atoms with van der Waals surface area (Å²) < 4.78 is 25.2. The summed E-state index contributed by atoms with van der Waals surface area (Å²) >= 11 is 6.10. The van der Waals surface area contributed by atoms with Gasteiger partial charge in [0.15, 0.2) is 0 Å². The first-order chi connectivity index (χ1) is 11.9. The van der Waals surface area contributed by atoms with E-state index >= 15 is 0 Å². The van der Waals surface area contributed by atoms with E-state index in [-0.39, 0.29) is 25.4 Å². The number of carbonyl (C=O) groups excluding carboxylic acids is 1. The van der Waals surface area contributed by atoms with Crippen molar-refractivity contribution in [2.24, 2.45) is 0 Å². The molecule has 0 spiro atoms. The highest BCUT2D eigenvalue weighted by atomic mass is 35.5. The van der Waals surface area contributed by atoms with Gasteiger partial charge < -0.3 is 5.32 Å². The zero-order chi connectivity index (χ0) is 18.3. The molecule has 2 aromatic carbocycles. The molecular weight excluding hydrogens is 360 g/mol. The van der Waals surface area contributed by atoms with Crippen molar-refractivity contribution >= 4 is 27.5 Å². The third-order valence-corrected chi connectivity index (χ3v) is 5.31. The summed E-state index contributed by atoms with van der Waals surface area (Å²) in [7, 11) is -3.45. The summed E-state index contributed by atoms with van der Waals surface area (Å²) in [5, 5.41) is 3.30. The molecule has 1 amide bonds. The average molecular weight is 381 g/mol. The first kappa shape index (κ1) is 19.4. The number of halogens is 1. The van der Waals surface area contributed by atoms with Crippen molar-refractivity contribution in [2.45, 2.75) is 19.5 Å². The third-order valence-electron chi connectivity index (χ3n) is 3.69. The third kappa shape index (κ3) is 6.49. The number of hydrogen-bond donors (Lipinski definition) is 1. The van der Waals surface area contributed by atoms with E-state index in [0.717, 1.165) is 11.8 Å². The van der Waals surface area contributed by atoms with E-state index in [0.29, 0.717) is 17.1 Å². The van der Waals surface area contributed by atoms with Crippen LogP contribution in [0.3, 0.4) is 0 Å². The summed E-state index contributed by atoms with van der Waals surface area (Å²) in [6, 6.07) is 16.6. The van der Waals surface area contributed by atoms with Gasteiger partial charge in [0.1, 0.15) is 0 Å². The van der Waals surface area contributed by atoms with Crippen LogP contribution in [-0.4, -0.2) is 31.4 Å². The molecule has 0 bridgehead atoms. The lowest BCUT2D eigenvalue weighted by Gasteiger charge is -2.20. The molecule has 0 aromatic heterocycles. The minimum absolute atomic E-state index is 0.0877. The minimum Gasteiger partial charge on any atom is -0.352 e. The molecule has 1 N–H and O–H groups in total. The van der Waals surface area contributed by atoms with Gasteiger partial charge in [0.05, 0.1) is 6.26 Å². The highest BCUT2D eigenvalue weighted by molar-refractivity contribution is 7.88. The summed E-state index contributed by atoms with van der Waals surface area (Å²) in [6.45, 7) is 0.665. The fourth-order valence-electron chi connectivity index (χ4n) is 2.29. The van der Waals surface area contributed by atoms with Gasteiger partial charge in [0, 0.05) is 31.1 Å². The molecule has 0 radical (unpaired) electrons. The average Bonchev–Trinajstić information content (AvgIpc) is 2.58. The second kappa shape index (κ2) is 8.99. The van der Waals surface area contributed by atoms with Gasteiger partial charge in [0.25, 0.3) is 0 Å². The van der Waals surface area contributed by atoms with Crippen LogP contribution in [0.4, 0.5) is 0 Å². The van der Waals surface area contributed by atoms with Crippen molar-refractivity contribution in [3.05, 3.63) is 70.7 Å². The Balaban J connectivity index is 1.92. The van der Waals surface area contributed by atoms with Crippen molar-refractivity contribution in [3.63, 3.8) is 0 Å². The maximum atomic E-state index is 12.0. The van der Waals surface area contributed by atoms with Crippen molar-refractivity contribution in [1.29, 1.82) is 0 Å². The topological polar surface area (TPSA) is 66.5 Å². The van der Waals surface area contributed by atoms with Gasteiger partial charge in [-0.2, -0.15) is 4.31 Å². The number of nitrogens with zero attached hydrogens (tertiary/aromatic N) is 1. The van der Waals surface area contributed by atoms with Crippen LogP contribution in [0.15, 0.2) is 54.6 Å². The van der Waals surface area contributed by atoms with Crippen molar-refractivity contribution in [1.82, 2.24) is 9.62 Å². The number of sulfonamides is 1. The molecule has 0 saturated heterocycles. The first-order valence-corrected chi connectivity index (χ1v) is 10.1. The number of hydrogen-bond acceptors (Lipinski definition) is 3. The normalized spacial score (nSPS) is 11.5. The van der Waals surface area contributed by atoms with E-state index < -0.39 is 10.0 Å². The molecule has 0 fully saturated rings. The second-order valence-corrected chi connectivity index (χ2v) is 8.09. The molecule has 0 aliphatic heterocycles. The Morgan fingerprint density at radius 1 is 1.08 bits per heavy atom. The summed E-state index contributed by atoms with van der Waals surface area (Å²) in [5.41, 5.74) is 1.70. The van der Waals surface area contributed by atoms with E-state index in [1.165, 1.54) is 4.31 Å². The molecule has 0 saturated carbocycles. The summed E-state index contributed by atoms with van der Waals surface area (Å²) in [4.78, 5) is 12.0. The molecule has 134 valence electrons. The molecule has 25 heavy (non-hydrogen) atoms. The van der Waals surface area contributed by atoms with E-state index in [1.807, 2.05) is 30.3 Å². The smallest absolute Gasteiger partial charge is 0.221 e. The number of amides is 1.